The molecule has 7 heteroatoms. The van der Waals surface area contributed by atoms with Gasteiger partial charge in [-0.1, -0.05) is 42.5 Å². The van der Waals surface area contributed by atoms with E-state index in [1.54, 1.807) is 0 Å². The van der Waals surface area contributed by atoms with Crippen LogP contribution in [0.3, 0.4) is 0 Å². The summed E-state index contributed by atoms with van der Waals surface area (Å²) < 4.78 is 5.47. The van der Waals surface area contributed by atoms with Gasteiger partial charge in [-0.25, -0.2) is 4.79 Å². The number of aliphatic carboxylic acids is 1. The van der Waals surface area contributed by atoms with Crippen LogP contribution >= 0.6 is 0 Å². The zero-order valence-electron chi connectivity index (χ0n) is 19.2. The summed E-state index contributed by atoms with van der Waals surface area (Å²) in [4.78, 5) is 35.8. The fraction of sp³-hybridized carbons (Fsp3) is 0.423. The Hall–Kier alpha value is -3.19. The Morgan fingerprint density at radius 1 is 0.970 bits per heavy atom. The molecule has 0 unspecified atom stereocenters. The van der Waals surface area contributed by atoms with Crippen LogP contribution in [0, 0.1) is 5.92 Å². The number of carbonyl (C=O) groups excluding carboxylic acids is 2. The van der Waals surface area contributed by atoms with Gasteiger partial charge in [0.05, 0.1) is 6.61 Å². The van der Waals surface area contributed by atoms with Crippen LogP contribution < -0.4 is 10.6 Å². The second-order valence-electron chi connectivity index (χ2n) is 9.12. The number of hydrogen-bond acceptors (Lipinski definition) is 4. The molecule has 1 fully saturated rings. The molecule has 1 aliphatic rings. The number of nitrogens with one attached hydrogen (secondary N) is 2. The van der Waals surface area contributed by atoms with E-state index in [-0.39, 0.29) is 24.3 Å². The van der Waals surface area contributed by atoms with Crippen molar-refractivity contribution in [1.29, 1.82) is 0 Å². The highest BCUT2D eigenvalue weighted by molar-refractivity contribution is 5.91. The number of anilines is 1. The predicted octanol–water partition coefficient (Wildman–Crippen LogP) is 4.10. The number of amides is 2. The number of rotatable bonds is 9. The maximum atomic E-state index is 12.4. The summed E-state index contributed by atoms with van der Waals surface area (Å²) >= 11 is 0. The Morgan fingerprint density at radius 2 is 1.61 bits per heavy atom. The average Bonchev–Trinajstić information content (AvgIpc) is 2.80. The molecule has 33 heavy (non-hydrogen) atoms. The Kier molecular flexibility index (Phi) is 8.22. The van der Waals surface area contributed by atoms with E-state index in [9.17, 15) is 19.5 Å². The van der Waals surface area contributed by atoms with Crippen LogP contribution in [-0.4, -0.2) is 35.0 Å². The molecule has 0 saturated heterocycles. The number of benzene rings is 2. The number of carboxylic acid groups (broad SMARTS) is 1. The van der Waals surface area contributed by atoms with E-state index in [1.165, 1.54) is 19.4 Å². The Morgan fingerprint density at radius 3 is 2.21 bits per heavy atom. The highest BCUT2D eigenvalue weighted by atomic mass is 16.5. The molecule has 0 bridgehead atoms. The summed E-state index contributed by atoms with van der Waals surface area (Å²) in [7, 11) is 0. The van der Waals surface area contributed by atoms with Crippen LogP contribution in [0.2, 0.25) is 0 Å². The molecular formula is C26H32N2O5. The molecule has 0 aliphatic heterocycles. The van der Waals surface area contributed by atoms with Crippen molar-refractivity contribution in [2.45, 2.75) is 57.6 Å². The molecule has 0 radical (unpaired) electrons. The van der Waals surface area contributed by atoms with Crippen molar-refractivity contribution in [1.82, 2.24) is 5.32 Å². The number of carboxylic acids is 1. The highest BCUT2D eigenvalue weighted by Gasteiger charge is 2.33. The van der Waals surface area contributed by atoms with Crippen molar-refractivity contribution < 1.29 is 24.2 Å². The summed E-state index contributed by atoms with van der Waals surface area (Å²) in [6, 6.07) is 17.5. The topological polar surface area (TPSA) is 105 Å². The average molecular weight is 453 g/mol. The van der Waals surface area contributed by atoms with E-state index in [1.807, 2.05) is 54.6 Å². The molecule has 1 aliphatic carbocycles. The molecule has 7 nitrogen and oxygen atoms in total. The van der Waals surface area contributed by atoms with E-state index in [0.29, 0.717) is 12.5 Å². The second kappa shape index (κ2) is 11.1. The van der Waals surface area contributed by atoms with Crippen LogP contribution in [0.15, 0.2) is 54.6 Å². The van der Waals surface area contributed by atoms with E-state index in [0.717, 1.165) is 36.9 Å². The molecule has 2 aromatic rings. The van der Waals surface area contributed by atoms with E-state index in [4.69, 9.17) is 4.74 Å². The SMILES string of the molecule is CC(C)(NC(=O)[C@H]1CC[C@H](c2ccc(NC(=O)COCc3ccccc3)cc2)CC1)C(=O)O. The van der Waals surface area contributed by atoms with Gasteiger partial charge >= 0.3 is 5.97 Å². The first kappa shape index (κ1) is 24.5. The van der Waals surface area contributed by atoms with Crippen molar-refractivity contribution >= 4 is 23.5 Å². The molecule has 176 valence electrons. The maximum absolute atomic E-state index is 12.4. The largest absolute Gasteiger partial charge is 0.480 e. The molecule has 0 heterocycles. The summed E-state index contributed by atoms with van der Waals surface area (Å²) in [6.07, 6.45) is 3.18. The van der Waals surface area contributed by atoms with Gasteiger partial charge in [0.15, 0.2) is 0 Å². The van der Waals surface area contributed by atoms with Crippen LogP contribution in [0.1, 0.15) is 56.6 Å². The molecule has 0 spiro atoms. The standard InChI is InChI=1S/C26H32N2O5/c1-26(2,25(31)32)28-24(30)21-10-8-19(9-11-21)20-12-14-22(15-13-20)27-23(29)17-33-16-18-6-4-3-5-7-18/h3-7,12-15,19,21H,8-11,16-17H2,1-2H3,(H,27,29)(H,28,30)(H,31,32)/t19-,21-. The van der Waals surface area contributed by atoms with Gasteiger partial charge in [0, 0.05) is 11.6 Å². The molecule has 0 atom stereocenters. The lowest BCUT2D eigenvalue weighted by atomic mass is 9.78. The van der Waals surface area contributed by atoms with E-state index < -0.39 is 11.5 Å². The van der Waals surface area contributed by atoms with Crippen molar-refractivity contribution in [2.75, 3.05) is 11.9 Å². The molecule has 0 aromatic heterocycles. The van der Waals surface area contributed by atoms with E-state index in [2.05, 4.69) is 10.6 Å². The van der Waals surface area contributed by atoms with Gasteiger partial charge in [0.1, 0.15) is 12.1 Å². The van der Waals surface area contributed by atoms with Crippen molar-refractivity contribution in [3.05, 3.63) is 65.7 Å². The quantitative estimate of drug-likeness (QED) is 0.531. The molecule has 3 N–H and O–H groups in total. The monoisotopic (exact) mass is 452 g/mol. The summed E-state index contributed by atoms with van der Waals surface area (Å²) in [6.45, 7) is 3.37. The summed E-state index contributed by atoms with van der Waals surface area (Å²) in [5, 5.41) is 14.7. The Balaban J connectivity index is 1.42. The Labute approximate surface area is 194 Å². The van der Waals surface area contributed by atoms with Gasteiger partial charge in [-0.05, 0) is 68.7 Å². The molecule has 1 saturated carbocycles. The summed E-state index contributed by atoms with van der Waals surface area (Å²) in [5.41, 5.74) is 1.65. The maximum Gasteiger partial charge on any atom is 0.328 e. The fourth-order valence-electron chi connectivity index (χ4n) is 4.02. The van der Waals surface area contributed by atoms with Crippen LogP contribution in [-0.2, 0) is 25.7 Å². The molecule has 2 aromatic carbocycles. The third-order valence-electron chi connectivity index (χ3n) is 6.08. The first-order valence-electron chi connectivity index (χ1n) is 11.3. The molecule has 3 rings (SSSR count). The van der Waals surface area contributed by atoms with Gasteiger partial charge in [0.2, 0.25) is 11.8 Å². The zero-order valence-corrected chi connectivity index (χ0v) is 19.2. The second-order valence-corrected chi connectivity index (χ2v) is 9.12. The zero-order chi connectivity index (χ0) is 23.8. The lowest BCUT2D eigenvalue weighted by Crippen LogP contribution is -2.51. The molecule has 2 amide bonds. The fourth-order valence-corrected chi connectivity index (χ4v) is 4.02. The predicted molar refractivity (Wildman–Crippen MR) is 126 cm³/mol. The highest BCUT2D eigenvalue weighted by Crippen LogP contribution is 2.36. The van der Waals surface area contributed by atoms with Crippen LogP contribution in [0.5, 0.6) is 0 Å². The van der Waals surface area contributed by atoms with Crippen LogP contribution in [0.25, 0.3) is 0 Å². The third kappa shape index (κ3) is 7.15. The smallest absolute Gasteiger partial charge is 0.328 e. The van der Waals surface area contributed by atoms with Gasteiger partial charge in [0.25, 0.3) is 0 Å². The first-order chi connectivity index (χ1) is 15.7. The minimum atomic E-state index is -1.26. The number of carbonyl (C=O) groups is 3. The normalized spacial score (nSPS) is 18.4. The third-order valence-corrected chi connectivity index (χ3v) is 6.08. The minimum Gasteiger partial charge on any atom is -0.480 e. The minimum absolute atomic E-state index is 0.0125. The van der Waals surface area contributed by atoms with Gasteiger partial charge < -0.3 is 20.5 Å². The van der Waals surface area contributed by atoms with Crippen LogP contribution in [0.4, 0.5) is 5.69 Å². The number of hydrogen-bond donors (Lipinski definition) is 3. The lowest BCUT2D eigenvalue weighted by Gasteiger charge is -2.30. The van der Waals surface area contributed by atoms with Crippen molar-refractivity contribution in [2.24, 2.45) is 5.92 Å². The van der Waals surface area contributed by atoms with Gasteiger partial charge in [-0.3, -0.25) is 9.59 Å². The van der Waals surface area contributed by atoms with Crippen molar-refractivity contribution in [3.8, 4) is 0 Å². The van der Waals surface area contributed by atoms with Gasteiger partial charge in [-0.2, -0.15) is 0 Å². The summed E-state index contributed by atoms with van der Waals surface area (Å²) in [5.74, 6) is -1.24. The lowest BCUT2D eigenvalue weighted by molar-refractivity contribution is -0.146. The van der Waals surface area contributed by atoms with E-state index >= 15 is 0 Å². The van der Waals surface area contributed by atoms with Gasteiger partial charge in [-0.15, -0.1) is 0 Å². The Bertz CT molecular complexity index is 948. The number of ether oxygens (including phenoxy) is 1. The van der Waals surface area contributed by atoms with Crippen molar-refractivity contribution in [3.63, 3.8) is 0 Å². The first-order valence-corrected chi connectivity index (χ1v) is 11.3. The molecular weight excluding hydrogens is 420 g/mol.